The standard InChI is InChI=1S/C31H40N4O3.C2H6/c1-18(2)30-26-16-24(8-9-27(26)33-31(30)25-14-19(3)32-20(4)15-25)23-10-12-35(13-11-23)29(38)17-28(21(5)36)34(7)22(6)37;1-2/h8-9,14-16,18,23,28,33H,10-13,17H2,1-7H3;1-2H3. The monoisotopic (exact) mass is 546 g/mol. The molecule has 4 rings (SSSR count). The number of rotatable bonds is 7. The van der Waals surface area contributed by atoms with E-state index in [0.717, 1.165) is 35.4 Å². The van der Waals surface area contributed by atoms with Crippen LogP contribution < -0.4 is 0 Å². The van der Waals surface area contributed by atoms with E-state index in [4.69, 9.17) is 0 Å². The molecule has 1 saturated heterocycles. The van der Waals surface area contributed by atoms with E-state index in [9.17, 15) is 14.4 Å². The number of ketones is 1. The molecule has 1 N–H and O–H groups in total. The lowest BCUT2D eigenvalue weighted by Gasteiger charge is -2.34. The highest BCUT2D eigenvalue weighted by Crippen LogP contribution is 2.38. The van der Waals surface area contributed by atoms with Crippen LogP contribution >= 0.6 is 0 Å². The smallest absolute Gasteiger partial charge is 0.225 e. The molecule has 216 valence electrons. The molecule has 0 aliphatic carbocycles. The lowest BCUT2D eigenvalue weighted by molar-refractivity contribution is -0.141. The van der Waals surface area contributed by atoms with Crippen LogP contribution in [-0.4, -0.2) is 63.5 Å². The largest absolute Gasteiger partial charge is 0.354 e. The number of hydrogen-bond acceptors (Lipinski definition) is 4. The van der Waals surface area contributed by atoms with Gasteiger partial charge in [-0.15, -0.1) is 0 Å². The predicted octanol–water partition coefficient (Wildman–Crippen LogP) is 6.53. The Kier molecular flexibility index (Phi) is 10.3. The van der Waals surface area contributed by atoms with Crippen molar-refractivity contribution in [3.05, 3.63) is 52.8 Å². The Bertz CT molecular complexity index is 1350. The van der Waals surface area contributed by atoms with Crippen LogP contribution in [-0.2, 0) is 14.4 Å². The second-order valence-corrected chi connectivity index (χ2v) is 11.1. The topological polar surface area (TPSA) is 86.4 Å². The molecule has 2 amide bonds. The van der Waals surface area contributed by atoms with Gasteiger partial charge in [-0.1, -0.05) is 33.8 Å². The van der Waals surface area contributed by atoms with Crippen molar-refractivity contribution in [1.82, 2.24) is 19.8 Å². The van der Waals surface area contributed by atoms with Gasteiger partial charge in [-0.3, -0.25) is 19.4 Å². The molecule has 1 atom stereocenters. The van der Waals surface area contributed by atoms with Crippen molar-refractivity contribution in [2.75, 3.05) is 20.1 Å². The number of Topliss-reactive ketones (excluding diaryl/α,β-unsaturated/α-hetero) is 1. The van der Waals surface area contributed by atoms with E-state index < -0.39 is 6.04 Å². The molecule has 1 aliphatic rings. The average molecular weight is 547 g/mol. The molecule has 3 heterocycles. The number of amides is 2. The Labute approximate surface area is 239 Å². The molecule has 1 aromatic carbocycles. The second kappa shape index (κ2) is 13.2. The summed E-state index contributed by atoms with van der Waals surface area (Å²) in [4.78, 5) is 48.3. The average Bonchev–Trinajstić information content (AvgIpc) is 3.31. The van der Waals surface area contributed by atoms with Crippen molar-refractivity contribution < 1.29 is 14.4 Å². The van der Waals surface area contributed by atoms with Crippen LogP contribution in [0, 0.1) is 13.8 Å². The van der Waals surface area contributed by atoms with Crippen molar-refractivity contribution in [2.45, 2.75) is 92.5 Å². The molecule has 7 heteroatoms. The van der Waals surface area contributed by atoms with Gasteiger partial charge in [-0.2, -0.15) is 0 Å². The number of fused-ring (bicyclic) bond motifs is 1. The Morgan fingerprint density at radius 1 is 1.02 bits per heavy atom. The molecule has 1 unspecified atom stereocenters. The van der Waals surface area contributed by atoms with E-state index >= 15 is 0 Å². The van der Waals surface area contributed by atoms with Crippen LogP contribution in [0.5, 0.6) is 0 Å². The zero-order chi connectivity index (χ0) is 29.7. The van der Waals surface area contributed by atoms with Gasteiger partial charge in [-0.25, -0.2) is 0 Å². The van der Waals surface area contributed by atoms with Crippen LogP contribution in [0.2, 0.25) is 0 Å². The van der Waals surface area contributed by atoms with E-state index in [1.54, 1.807) is 7.05 Å². The number of carbonyl (C=O) groups is 3. The van der Waals surface area contributed by atoms with Crippen LogP contribution in [0.3, 0.4) is 0 Å². The van der Waals surface area contributed by atoms with Gasteiger partial charge in [0, 0.05) is 54.9 Å². The number of piperidine rings is 1. The third-order valence-corrected chi connectivity index (χ3v) is 7.93. The first-order valence-electron chi connectivity index (χ1n) is 14.6. The second-order valence-electron chi connectivity index (χ2n) is 11.1. The van der Waals surface area contributed by atoms with Gasteiger partial charge in [0.15, 0.2) is 5.78 Å². The zero-order valence-electron chi connectivity index (χ0n) is 25.7. The van der Waals surface area contributed by atoms with E-state index in [1.165, 1.54) is 40.8 Å². The number of aromatic nitrogens is 2. The van der Waals surface area contributed by atoms with Gasteiger partial charge in [0.2, 0.25) is 11.8 Å². The predicted molar refractivity (Wildman–Crippen MR) is 163 cm³/mol. The minimum atomic E-state index is -0.703. The molecular formula is C33H46N4O3. The number of nitrogens with zero attached hydrogens (tertiary/aromatic N) is 3. The molecule has 3 aromatic rings. The number of nitrogens with one attached hydrogen (secondary N) is 1. The van der Waals surface area contributed by atoms with Gasteiger partial charge >= 0.3 is 0 Å². The van der Waals surface area contributed by atoms with Gasteiger partial charge in [-0.05, 0) is 80.8 Å². The summed E-state index contributed by atoms with van der Waals surface area (Å²) in [5, 5.41) is 1.26. The van der Waals surface area contributed by atoms with E-state index in [-0.39, 0.29) is 24.0 Å². The summed E-state index contributed by atoms with van der Waals surface area (Å²) in [7, 11) is 1.58. The first-order chi connectivity index (χ1) is 19.0. The fourth-order valence-electron chi connectivity index (χ4n) is 5.82. The Hall–Kier alpha value is -3.48. The minimum absolute atomic E-state index is 0.0415. The molecule has 1 aliphatic heterocycles. The number of benzene rings is 1. The lowest BCUT2D eigenvalue weighted by Crippen LogP contribution is -2.46. The summed E-state index contributed by atoms with van der Waals surface area (Å²) < 4.78 is 0. The maximum Gasteiger partial charge on any atom is 0.225 e. The van der Waals surface area contributed by atoms with Crippen LogP contribution in [0.4, 0.5) is 0 Å². The van der Waals surface area contributed by atoms with Crippen molar-refractivity contribution in [2.24, 2.45) is 0 Å². The minimum Gasteiger partial charge on any atom is -0.354 e. The fourth-order valence-corrected chi connectivity index (χ4v) is 5.82. The summed E-state index contributed by atoms with van der Waals surface area (Å²) in [6.45, 7) is 16.7. The Morgan fingerprint density at radius 3 is 2.15 bits per heavy atom. The molecule has 40 heavy (non-hydrogen) atoms. The van der Waals surface area contributed by atoms with Gasteiger partial charge in [0.05, 0.1) is 18.2 Å². The maximum atomic E-state index is 13.0. The summed E-state index contributed by atoms with van der Waals surface area (Å²) in [5.41, 5.74) is 8.12. The van der Waals surface area contributed by atoms with E-state index in [0.29, 0.717) is 24.9 Å². The summed E-state index contributed by atoms with van der Waals surface area (Å²) >= 11 is 0. The molecular weight excluding hydrogens is 500 g/mol. The summed E-state index contributed by atoms with van der Waals surface area (Å²) in [5.74, 6) is 0.283. The maximum absolute atomic E-state index is 13.0. The molecule has 0 radical (unpaired) electrons. The fraction of sp³-hybridized carbons (Fsp3) is 0.515. The molecule has 2 aromatic heterocycles. The highest BCUT2D eigenvalue weighted by molar-refractivity contribution is 5.93. The quantitative estimate of drug-likeness (QED) is 0.365. The molecule has 0 bridgehead atoms. The number of hydrogen-bond donors (Lipinski definition) is 1. The number of H-pyrrole nitrogens is 1. The first kappa shape index (κ1) is 31.1. The molecule has 0 spiro atoms. The Morgan fingerprint density at radius 2 is 1.62 bits per heavy atom. The summed E-state index contributed by atoms with van der Waals surface area (Å²) in [6.07, 6.45) is 1.79. The lowest BCUT2D eigenvalue weighted by atomic mass is 9.87. The summed E-state index contributed by atoms with van der Waals surface area (Å²) in [6, 6.07) is 10.3. The van der Waals surface area contributed by atoms with Crippen molar-refractivity contribution in [1.29, 1.82) is 0 Å². The van der Waals surface area contributed by atoms with Gasteiger partial charge in [0.25, 0.3) is 0 Å². The van der Waals surface area contributed by atoms with Gasteiger partial charge < -0.3 is 14.8 Å². The number of carbonyl (C=O) groups excluding carboxylic acids is 3. The van der Waals surface area contributed by atoms with Crippen molar-refractivity contribution in [3.63, 3.8) is 0 Å². The number of aryl methyl sites for hydroxylation is 2. The van der Waals surface area contributed by atoms with Gasteiger partial charge in [0.1, 0.15) is 0 Å². The normalized spacial score (nSPS) is 14.6. The third kappa shape index (κ3) is 6.80. The Balaban J connectivity index is 0.00000216. The number of likely N-dealkylation sites (N-methyl/N-ethyl adjacent to an activating group) is 1. The molecule has 1 fully saturated rings. The van der Waals surface area contributed by atoms with Crippen molar-refractivity contribution >= 4 is 28.5 Å². The SMILES string of the molecule is CC.CC(=O)C(CC(=O)N1CCC(c2ccc3[nH]c(-c4cc(C)nc(C)c4)c(C(C)C)c3c2)CC1)N(C)C(C)=O. The molecule has 7 nitrogen and oxygen atoms in total. The third-order valence-electron chi connectivity index (χ3n) is 7.93. The van der Waals surface area contributed by atoms with Crippen molar-refractivity contribution in [3.8, 4) is 11.3 Å². The van der Waals surface area contributed by atoms with Crippen LogP contribution in [0.25, 0.3) is 22.2 Å². The highest BCUT2D eigenvalue weighted by Gasteiger charge is 2.30. The first-order valence-corrected chi connectivity index (χ1v) is 14.6. The number of pyridine rings is 1. The zero-order valence-corrected chi connectivity index (χ0v) is 25.7. The van der Waals surface area contributed by atoms with Crippen LogP contribution in [0.1, 0.15) is 95.2 Å². The van der Waals surface area contributed by atoms with Crippen LogP contribution in [0.15, 0.2) is 30.3 Å². The number of likely N-dealkylation sites (tertiary alicyclic amines) is 1. The molecule has 0 saturated carbocycles. The van der Waals surface area contributed by atoms with E-state index in [1.807, 2.05) is 32.6 Å². The number of aromatic amines is 1. The highest BCUT2D eigenvalue weighted by atomic mass is 16.2. The van der Waals surface area contributed by atoms with E-state index in [2.05, 4.69) is 54.1 Å².